The van der Waals surface area contributed by atoms with E-state index in [-0.39, 0.29) is 5.91 Å². The van der Waals surface area contributed by atoms with Crippen molar-refractivity contribution in [3.63, 3.8) is 0 Å². The van der Waals surface area contributed by atoms with Gasteiger partial charge in [-0.25, -0.2) is 0 Å². The average molecular weight is 268 g/mol. The molecule has 0 saturated carbocycles. The molecule has 0 aromatic carbocycles. The van der Waals surface area contributed by atoms with Crippen LogP contribution < -0.4 is 5.32 Å². The van der Waals surface area contributed by atoms with Crippen LogP contribution in [0.25, 0.3) is 0 Å². The molecule has 2 heterocycles. The van der Waals surface area contributed by atoms with Crippen molar-refractivity contribution < 1.29 is 9.21 Å². The Morgan fingerprint density at radius 2 is 2.44 bits per heavy atom. The average Bonchev–Trinajstić information content (AvgIpc) is 2.97. The number of carbonyl (C=O) groups is 1. The van der Waals surface area contributed by atoms with Gasteiger partial charge in [0.15, 0.2) is 0 Å². The molecular formula is C12H14ClN3O2. The van der Waals surface area contributed by atoms with Gasteiger partial charge in [0, 0.05) is 0 Å². The molecule has 2 aromatic heterocycles. The molecule has 0 spiro atoms. The quantitative estimate of drug-likeness (QED) is 0.925. The summed E-state index contributed by atoms with van der Waals surface area (Å²) < 4.78 is 6.74. The fourth-order valence-electron chi connectivity index (χ4n) is 1.64. The summed E-state index contributed by atoms with van der Waals surface area (Å²) in [6, 6.07) is 3.18. The zero-order valence-corrected chi connectivity index (χ0v) is 10.9. The van der Waals surface area contributed by atoms with Gasteiger partial charge < -0.3 is 9.73 Å². The van der Waals surface area contributed by atoms with E-state index < -0.39 is 6.04 Å². The SMILES string of the molecule is Cc1c(Cl)cnn1C(C)C(=O)NCc1ccco1. The van der Waals surface area contributed by atoms with Gasteiger partial charge in [0.2, 0.25) is 5.91 Å². The van der Waals surface area contributed by atoms with Crippen LogP contribution >= 0.6 is 11.6 Å². The van der Waals surface area contributed by atoms with Gasteiger partial charge in [0.05, 0.1) is 29.7 Å². The number of nitrogens with zero attached hydrogens (tertiary/aromatic N) is 2. The first kappa shape index (κ1) is 12.7. The van der Waals surface area contributed by atoms with Crippen molar-refractivity contribution in [2.24, 2.45) is 0 Å². The number of hydrogen-bond donors (Lipinski definition) is 1. The third-order valence-electron chi connectivity index (χ3n) is 2.75. The molecule has 0 aliphatic heterocycles. The molecule has 0 radical (unpaired) electrons. The molecular weight excluding hydrogens is 254 g/mol. The van der Waals surface area contributed by atoms with Gasteiger partial charge in [-0.2, -0.15) is 5.10 Å². The lowest BCUT2D eigenvalue weighted by atomic mass is 10.3. The molecule has 1 N–H and O–H groups in total. The molecule has 2 aromatic rings. The minimum absolute atomic E-state index is 0.130. The first-order valence-electron chi connectivity index (χ1n) is 5.59. The lowest BCUT2D eigenvalue weighted by Gasteiger charge is -2.13. The largest absolute Gasteiger partial charge is 0.467 e. The van der Waals surface area contributed by atoms with E-state index in [0.29, 0.717) is 17.3 Å². The lowest BCUT2D eigenvalue weighted by molar-refractivity contribution is -0.124. The minimum atomic E-state index is -0.410. The van der Waals surface area contributed by atoms with Gasteiger partial charge in [0.1, 0.15) is 11.8 Å². The molecule has 0 aliphatic rings. The highest BCUT2D eigenvalue weighted by atomic mass is 35.5. The standard InChI is InChI=1S/C12H14ClN3O2/c1-8-11(13)7-15-16(8)9(2)12(17)14-6-10-4-3-5-18-10/h3-5,7,9H,6H2,1-2H3,(H,14,17). The summed E-state index contributed by atoms with van der Waals surface area (Å²) in [6.45, 7) is 3.96. The maximum Gasteiger partial charge on any atom is 0.244 e. The Labute approximate surface area is 110 Å². The third kappa shape index (κ3) is 2.56. The molecule has 18 heavy (non-hydrogen) atoms. The van der Waals surface area contributed by atoms with Crippen LogP contribution in [0.4, 0.5) is 0 Å². The summed E-state index contributed by atoms with van der Waals surface area (Å²) in [5.74, 6) is 0.583. The Morgan fingerprint density at radius 3 is 3.00 bits per heavy atom. The monoisotopic (exact) mass is 267 g/mol. The van der Waals surface area contributed by atoms with Crippen LogP contribution in [0.1, 0.15) is 24.4 Å². The normalized spacial score (nSPS) is 12.4. The summed E-state index contributed by atoms with van der Waals surface area (Å²) in [5, 5.41) is 7.42. The summed E-state index contributed by atoms with van der Waals surface area (Å²) in [4.78, 5) is 11.9. The van der Waals surface area contributed by atoms with E-state index in [4.69, 9.17) is 16.0 Å². The molecule has 96 valence electrons. The Balaban J connectivity index is 1.98. The summed E-state index contributed by atoms with van der Waals surface area (Å²) in [7, 11) is 0. The fraction of sp³-hybridized carbons (Fsp3) is 0.333. The first-order valence-corrected chi connectivity index (χ1v) is 5.97. The Morgan fingerprint density at radius 1 is 1.67 bits per heavy atom. The number of nitrogens with one attached hydrogen (secondary N) is 1. The topological polar surface area (TPSA) is 60.1 Å². The highest BCUT2D eigenvalue weighted by Gasteiger charge is 2.18. The molecule has 0 fully saturated rings. The van der Waals surface area contributed by atoms with Gasteiger partial charge in [-0.3, -0.25) is 9.48 Å². The Bertz CT molecular complexity index is 534. The van der Waals surface area contributed by atoms with E-state index in [0.717, 1.165) is 5.69 Å². The smallest absolute Gasteiger partial charge is 0.244 e. The van der Waals surface area contributed by atoms with Gasteiger partial charge >= 0.3 is 0 Å². The molecule has 2 rings (SSSR count). The van der Waals surface area contributed by atoms with Crippen molar-refractivity contribution in [2.75, 3.05) is 0 Å². The molecule has 1 atom stereocenters. The molecule has 0 bridgehead atoms. The maximum atomic E-state index is 11.9. The Hall–Kier alpha value is -1.75. The molecule has 5 nitrogen and oxygen atoms in total. The van der Waals surface area contributed by atoms with E-state index in [9.17, 15) is 4.79 Å². The zero-order valence-electron chi connectivity index (χ0n) is 10.2. The van der Waals surface area contributed by atoms with Crippen LogP contribution in [0.5, 0.6) is 0 Å². The van der Waals surface area contributed by atoms with E-state index >= 15 is 0 Å². The number of aromatic nitrogens is 2. The molecule has 1 amide bonds. The van der Waals surface area contributed by atoms with Crippen molar-refractivity contribution in [1.82, 2.24) is 15.1 Å². The highest BCUT2D eigenvalue weighted by molar-refractivity contribution is 6.31. The number of rotatable bonds is 4. The molecule has 0 saturated heterocycles. The van der Waals surface area contributed by atoms with Crippen LogP contribution in [0.15, 0.2) is 29.0 Å². The van der Waals surface area contributed by atoms with Crippen molar-refractivity contribution in [3.8, 4) is 0 Å². The lowest BCUT2D eigenvalue weighted by Crippen LogP contribution is -2.31. The number of amides is 1. The van der Waals surface area contributed by atoms with Gasteiger partial charge in [0.25, 0.3) is 0 Å². The second-order valence-electron chi connectivity index (χ2n) is 4.00. The first-order chi connectivity index (χ1) is 8.59. The maximum absolute atomic E-state index is 11.9. The van der Waals surface area contributed by atoms with Gasteiger partial charge in [-0.1, -0.05) is 11.6 Å². The minimum Gasteiger partial charge on any atom is -0.467 e. The predicted octanol–water partition coefficient (Wildman–Crippen LogP) is 2.32. The van der Waals surface area contributed by atoms with Crippen molar-refractivity contribution >= 4 is 17.5 Å². The summed E-state index contributed by atoms with van der Waals surface area (Å²) in [5.41, 5.74) is 0.775. The van der Waals surface area contributed by atoms with E-state index in [1.165, 1.54) is 6.20 Å². The Kier molecular flexibility index (Phi) is 3.72. The second kappa shape index (κ2) is 5.27. The summed E-state index contributed by atoms with van der Waals surface area (Å²) in [6.07, 6.45) is 3.11. The van der Waals surface area contributed by atoms with Crippen LogP contribution in [0, 0.1) is 6.92 Å². The van der Waals surface area contributed by atoms with Gasteiger partial charge in [-0.15, -0.1) is 0 Å². The zero-order chi connectivity index (χ0) is 13.1. The number of furan rings is 1. The number of carbonyl (C=O) groups excluding carboxylic acids is 1. The van der Waals surface area contributed by atoms with Crippen molar-refractivity contribution in [3.05, 3.63) is 41.1 Å². The second-order valence-corrected chi connectivity index (χ2v) is 4.40. The van der Waals surface area contributed by atoms with Crippen LogP contribution in [0.2, 0.25) is 5.02 Å². The van der Waals surface area contributed by atoms with Crippen molar-refractivity contribution in [1.29, 1.82) is 0 Å². The van der Waals surface area contributed by atoms with Crippen LogP contribution in [0.3, 0.4) is 0 Å². The van der Waals surface area contributed by atoms with Crippen LogP contribution in [-0.4, -0.2) is 15.7 Å². The molecule has 6 heteroatoms. The third-order valence-corrected chi connectivity index (χ3v) is 3.12. The van der Waals surface area contributed by atoms with E-state index in [2.05, 4.69) is 10.4 Å². The predicted molar refractivity (Wildman–Crippen MR) is 67.2 cm³/mol. The van der Waals surface area contributed by atoms with Crippen LogP contribution in [-0.2, 0) is 11.3 Å². The van der Waals surface area contributed by atoms with E-state index in [1.54, 1.807) is 30.0 Å². The highest BCUT2D eigenvalue weighted by Crippen LogP contribution is 2.17. The fourth-order valence-corrected chi connectivity index (χ4v) is 1.77. The number of hydrogen-bond acceptors (Lipinski definition) is 3. The van der Waals surface area contributed by atoms with Crippen molar-refractivity contribution in [2.45, 2.75) is 26.4 Å². The van der Waals surface area contributed by atoms with Gasteiger partial charge in [-0.05, 0) is 26.0 Å². The molecule has 0 aliphatic carbocycles. The summed E-state index contributed by atoms with van der Waals surface area (Å²) >= 11 is 5.91. The van der Waals surface area contributed by atoms with E-state index in [1.807, 2.05) is 6.92 Å². The molecule has 1 unspecified atom stereocenters. The number of halogens is 1.